The first-order chi connectivity index (χ1) is 15.0. The maximum Gasteiger partial charge on any atom is 0.123 e. The van der Waals surface area contributed by atoms with E-state index in [4.69, 9.17) is 4.74 Å². The molecular weight excluding hydrogens is 389 g/mol. The van der Waals surface area contributed by atoms with Gasteiger partial charge in [-0.2, -0.15) is 0 Å². The average Bonchev–Trinajstić information content (AvgIpc) is 3.23. The molecule has 2 aromatic rings. The van der Waals surface area contributed by atoms with E-state index >= 15 is 0 Å². The minimum atomic E-state index is -0.192. The number of aliphatic hydroxyl groups excluding tert-OH is 1. The summed E-state index contributed by atoms with van der Waals surface area (Å²) in [5, 5.41) is 9.62. The Morgan fingerprint density at radius 1 is 1.16 bits per heavy atom. The molecule has 166 valence electrons. The topological polar surface area (TPSA) is 32.7 Å². The monoisotopic (exact) mass is 423 g/mol. The van der Waals surface area contributed by atoms with Gasteiger partial charge in [0.2, 0.25) is 0 Å². The number of hydrogen-bond acceptors (Lipinski definition) is 3. The number of aryl methyl sites for hydroxylation is 1. The van der Waals surface area contributed by atoms with Gasteiger partial charge >= 0.3 is 0 Å². The van der Waals surface area contributed by atoms with Crippen molar-refractivity contribution in [2.24, 2.45) is 5.92 Å². The number of likely N-dealkylation sites (tertiary alicyclic amines) is 1. The Morgan fingerprint density at radius 3 is 2.74 bits per heavy atom. The van der Waals surface area contributed by atoms with Crippen molar-refractivity contribution in [1.29, 1.82) is 0 Å². The quantitative estimate of drug-likeness (QED) is 0.629. The van der Waals surface area contributed by atoms with E-state index < -0.39 is 0 Å². The Balaban J connectivity index is 1.36. The predicted molar refractivity (Wildman–Crippen MR) is 124 cm³/mol. The zero-order valence-corrected chi connectivity index (χ0v) is 18.7. The standard InChI is InChI=1S/C27H34FNO2/c1-19(14-21-5-9-24(28)10-6-21)18-31-26-11-12-27-20(2)23(8-7-22(27)15-26)16-29-13-3-4-25(29)17-30/h5-6,9-12,15,19,25,30H,3-4,7-8,13-14,16-18H2,1-2H3/t19-,25-/m0/s1. The average molecular weight is 424 g/mol. The minimum Gasteiger partial charge on any atom is -0.493 e. The van der Waals surface area contributed by atoms with Crippen LogP contribution < -0.4 is 4.74 Å². The first-order valence-corrected chi connectivity index (χ1v) is 11.6. The highest BCUT2D eigenvalue weighted by molar-refractivity contribution is 5.72. The van der Waals surface area contributed by atoms with E-state index in [-0.39, 0.29) is 12.4 Å². The number of halogens is 1. The molecule has 0 aromatic heterocycles. The van der Waals surface area contributed by atoms with Crippen LogP contribution in [0.4, 0.5) is 4.39 Å². The maximum atomic E-state index is 13.1. The van der Waals surface area contributed by atoms with Crippen LogP contribution >= 0.6 is 0 Å². The first kappa shape index (κ1) is 22.0. The second-order valence-corrected chi connectivity index (χ2v) is 9.24. The van der Waals surface area contributed by atoms with Gasteiger partial charge in [-0.3, -0.25) is 4.90 Å². The molecule has 4 heteroatoms. The Morgan fingerprint density at radius 2 is 1.97 bits per heavy atom. The molecule has 2 atom stereocenters. The van der Waals surface area contributed by atoms with Crippen molar-refractivity contribution < 1.29 is 14.2 Å². The number of allylic oxidation sites excluding steroid dienone is 1. The summed E-state index contributed by atoms with van der Waals surface area (Å²) in [4.78, 5) is 2.45. The van der Waals surface area contributed by atoms with Gasteiger partial charge in [0.1, 0.15) is 11.6 Å². The fraction of sp³-hybridized carbons (Fsp3) is 0.481. The van der Waals surface area contributed by atoms with Gasteiger partial charge in [0.25, 0.3) is 0 Å². The summed E-state index contributed by atoms with van der Waals surface area (Å²) >= 11 is 0. The Kier molecular flexibility index (Phi) is 7.09. The molecule has 0 unspecified atom stereocenters. The van der Waals surface area contributed by atoms with Crippen molar-refractivity contribution in [2.75, 3.05) is 26.3 Å². The lowest BCUT2D eigenvalue weighted by molar-refractivity contribution is 0.167. The molecule has 1 aliphatic carbocycles. The molecule has 0 amide bonds. The van der Waals surface area contributed by atoms with Crippen LogP contribution in [0.5, 0.6) is 5.75 Å². The smallest absolute Gasteiger partial charge is 0.123 e. The van der Waals surface area contributed by atoms with Crippen molar-refractivity contribution in [2.45, 2.75) is 52.0 Å². The van der Waals surface area contributed by atoms with Crippen LogP contribution in [0.1, 0.15) is 49.8 Å². The van der Waals surface area contributed by atoms with Gasteiger partial charge in [-0.05, 0) is 98.0 Å². The first-order valence-electron chi connectivity index (χ1n) is 11.6. The van der Waals surface area contributed by atoms with E-state index in [2.05, 4.69) is 36.9 Å². The Hall–Kier alpha value is -2.17. The molecule has 1 heterocycles. The summed E-state index contributed by atoms with van der Waals surface area (Å²) in [5.74, 6) is 1.10. The van der Waals surface area contributed by atoms with Crippen LogP contribution in [-0.4, -0.2) is 42.4 Å². The molecule has 4 rings (SSSR count). The lowest BCUT2D eigenvalue weighted by Gasteiger charge is -2.28. The van der Waals surface area contributed by atoms with Gasteiger partial charge < -0.3 is 9.84 Å². The number of fused-ring (bicyclic) bond motifs is 1. The minimum absolute atomic E-state index is 0.192. The number of hydrogen-bond donors (Lipinski definition) is 1. The molecule has 1 fully saturated rings. The lowest BCUT2D eigenvalue weighted by Crippen LogP contribution is -2.34. The van der Waals surface area contributed by atoms with Crippen molar-refractivity contribution in [3.63, 3.8) is 0 Å². The van der Waals surface area contributed by atoms with Crippen LogP contribution in [0.3, 0.4) is 0 Å². The third-order valence-electron chi connectivity index (χ3n) is 6.84. The fourth-order valence-corrected chi connectivity index (χ4v) is 4.97. The molecule has 31 heavy (non-hydrogen) atoms. The number of benzene rings is 2. The highest BCUT2D eigenvalue weighted by Gasteiger charge is 2.26. The summed E-state index contributed by atoms with van der Waals surface area (Å²) < 4.78 is 19.2. The molecule has 2 aromatic carbocycles. The molecule has 0 radical (unpaired) electrons. The summed E-state index contributed by atoms with van der Waals surface area (Å²) in [7, 11) is 0. The van der Waals surface area contributed by atoms with Crippen LogP contribution in [0.2, 0.25) is 0 Å². The normalized spacial score (nSPS) is 20.1. The molecule has 2 aliphatic rings. The third-order valence-corrected chi connectivity index (χ3v) is 6.84. The molecule has 0 spiro atoms. The number of nitrogens with zero attached hydrogens (tertiary/aromatic N) is 1. The Labute approximate surface area is 185 Å². The van der Waals surface area contributed by atoms with Gasteiger partial charge in [-0.1, -0.05) is 30.7 Å². The van der Waals surface area contributed by atoms with Gasteiger partial charge in [-0.15, -0.1) is 0 Å². The number of ether oxygens (including phenoxy) is 1. The third kappa shape index (κ3) is 5.36. The molecule has 1 saturated heterocycles. The molecule has 3 nitrogen and oxygen atoms in total. The van der Waals surface area contributed by atoms with E-state index in [9.17, 15) is 9.50 Å². The van der Waals surface area contributed by atoms with Crippen LogP contribution in [0, 0.1) is 11.7 Å². The predicted octanol–water partition coefficient (Wildman–Crippen LogP) is 5.26. The van der Waals surface area contributed by atoms with Crippen LogP contribution in [-0.2, 0) is 12.8 Å². The molecule has 1 aliphatic heterocycles. The van der Waals surface area contributed by atoms with Crippen LogP contribution in [0.25, 0.3) is 5.57 Å². The molecular formula is C27H34FNO2. The van der Waals surface area contributed by atoms with Crippen molar-refractivity contribution in [3.8, 4) is 5.75 Å². The summed E-state index contributed by atoms with van der Waals surface area (Å²) in [6.07, 6.45) is 5.30. The van der Waals surface area contributed by atoms with Gasteiger partial charge in [0.15, 0.2) is 0 Å². The number of rotatable bonds is 8. The zero-order chi connectivity index (χ0) is 21.8. The van der Waals surface area contributed by atoms with Crippen molar-refractivity contribution >= 4 is 5.57 Å². The molecule has 0 saturated carbocycles. The van der Waals surface area contributed by atoms with E-state index in [1.54, 1.807) is 0 Å². The Bertz CT molecular complexity index is 921. The summed E-state index contributed by atoms with van der Waals surface area (Å²) in [6, 6.07) is 13.6. The van der Waals surface area contributed by atoms with Crippen molar-refractivity contribution in [3.05, 3.63) is 70.5 Å². The maximum absolute atomic E-state index is 13.1. The van der Waals surface area contributed by atoms with E-state index in [1.807, 2.05) is 12.1 Å². The van der Waals surface area contributed by atoms with E-state index in [0.29, 0.717) is 18.6 Å². The summed E-state index contributed by atoms with van der Waals surface area (Å²) in [5.41, 5.74) is 6.74. The van der Waals surface area contributed by atoms with Gasteiger partial charge in [0, 0.05) is 12.6 Å². The van der Waals surface area contributed by atoms with E-state index in [0.717, 1.165) is 50.1 Å². The SMILES string of the molecule is CC1=C(CN2CCC[C@H]2CO)CCc2cc(OC[C@@H](C)Cc3ccc(F)cc3)ccc21. The highest BCUT2D eigenvalue weighted by atomic mass is 19.1. The fourth-order valence-electron chi connectivity index (χ4n) is 4.97. The number of aliphatic hydroxyl groups is 1. The van der Waals surface area contributed by atoms with E-state index in [1.165, 1.54) is 40.8 Å². The lowest BCUT2D eigenvalue weighted by atomic mass is 9.86. The van der Waals surface area contributed by atoms with Crippen LogP contribution in [0.15, 0.2) is 48.0 Å². The largest absolute Gasteiger partial charge is 0.493 e. The molecule has 0 bridgehead atoms. The van der Waals surface area contributed by atoms with Gasteiger partial charge in [-0.25, -0.2) is 4.39 Å². The molecule has 1 N–H and O–H groups in total. The second kappa shape index (κ2) is 9.97. The van der Waals surface area contributed by atoms with Crippen molar-refractivity contribution in [1.82, 2.24) is 4.90 Å². The second-order valence-electron chi connectivity index (χ2n) is 9.24. The summed E-state index contributed by atoms with van der Waals surface area (Å²) in [6.45, 7) is 7.39. The zero-order valence-electron chi connectivity index (χ0n) is 18.7. The highest BCUT2D eigenvalue weighted by Crippen LogP contribution is 2.34. The van der Waals surface area contributed by atoms with Gasteiger partial charge in [0.05, 0.1) is 13.2 Å².